The summed E-state index contributed by atoms with van der Waals surface area (Å²) in [5.41, 5.74) is 6.68. The molecule has 0 aliphatic heterocycles. The monoisotopic (exact) mass is 277 g/mol. The van der Waals surface area contributed by atoms with E-state index in [1.54, 1.807) is 12.1 Å². The Bertz CT molecular complexity index is 613. The predicted molar refractivity (Wildman–Crippen MR) is 76.0 cm³/mol. The molecule has 0 radical (unpaired) electrons. The van der Waals surface area contributed by atoms with Crippen LogP contribution in [0.25, 0.3) is 0 Å². The van der Waals surface area contributed by atoms with Crippen molar-refractivity contribution in [3.8, 4) is 11.5 Å². The first-order valence-electron chi connectivity index (χ1n) is 6.54. The Morgan fingerprint density at radius 2 is 1.85 bits per heavy atom. The van der Waals surface area contributed by atoms with Crippen molar-refractivity contribution in [3.63, 3.8) is 0 Å². The molecule has 106 valence electrons. The lowest BCUT2D eigenvalue weighted by atomic mass is 9.98. The van der Waals surface area contributed by atoms with E-state index in [1.165, 1.54) is 6.07 Å². The molecule has 0 amide bonds. The SMILES string of the molecule is CCC(C)c1ccccc1Oc1c(N)ccc(F)c1F. The number of ether oxygens (including phenoxy) is 1. The maximum atomic E-state index is 13.8. The lowest BCUT2D eigenvalue weighted by Gasteiger charge is -2.16. The third kappa shape index (κ3) is 2.74. The van der Waals surface area contributed by atoms with Gasteiger partial charge in [0.2, 0.25) is 5.82 Å². The molecule has 0 spiro atoms. The van der Waals surface area contributed by atoms with Crippen molar-refractivity contribution in [2.24, 2.45) is 0 Å². The van der Waals surface area contributed by atoms with Gasteiger partial charge in [0, 0.05) is 0 Å². The van der Waals surface area contributed by atoms with Crippen molar-refractivity contribution in [2.75, 3.05) is 5.73 Å². The minimum Gasteiger partial charge on any atom is -0.452 e. The minimum absolute atomic E-state index is 0.0721. The lowest BCUT2D eigenvalue weighted by Crippen LogP contribution is -2.01. The van der Waals surface area contributed by atoms with Gasteiger partial charge >= 0.3 is 0 Å². The van der Waals surface area contributed by atoms with Crippen LogP contribution in [0.1, 0.15) is 31.7 Å². The third-order valence-corrected chi connectivity index (χ3v) is 3.35. The van der Waals surface area contributed by atoms with E-state index in [2.05, 4.69) is 6.92 Å². The molecule has 2 aromatic rings. The van der Waals surface area contributed by atoms with E-state index in [1.807, 2.05) is 19.1 Å². The van der Waals surface area contributed by atoms with Gasteiger partial charge in [-0.05, 0) is 36.1 Å². The van der Waals surface area contributed by atoms with Crippen LogP contribution in [-0.2, 0) is 0 Å². The predicted octanol–water partition coefficient (Wildman–Crippen LogP) is 4.85. The number of halogens is 2. The molecule has 0 aromatic heterocycles. The number of rotatable bonds is 4. The molecule has 2 rings (SSSR count). The van der Waals surface area contributed by atoms with Crippen LogP contribution < -0.4 is 10.5 Å². The quantitative estimate of drug-likeness (QED) is 0.810. The van der Waals surface area contributed by atoms with Gasteiger partial charge in [-0.2, -0.15) is 4.39 Å². The van der Waals surface area contributed by atoms with Crippen LogP contribution in [0.5, 0.6) is 11.5 Å². The summed E-state index contributed by atoms with van der Waals surface area (Å²) < 4.78 is 32.6. The molecule has 2 aromatic carbocycles. The van der Waals surface area contributed by atoms with E-state index in [0.717, 1.165) is 18.1 Å². The van der Waals surface area contributed by atoms with Gasteiger partial charge in [0.25, 0.3) is 0 Å². The van der Waals surface area contributed by atoms with Crippen molar-refractivity contribution < 1.29 is 13.5 Å². The van der Waals surface area contributed by atoms with Crippen molar-refractivity contribution in [2.45, 2.75) is 26.2 Å². The molecule has 1 atom stereocenters. The number of nitrogen functional groups attached to an aromatic ring is 1. The number of hydrogen-bond donors (Lipinski definition) is 1. The molecule has 0 saturated carbocycles. The molecule has 0 fully saturated rings. The van der Waals surface area contributed by atoms with Crippen LogP contribution in [0, 0.1) is 11.6 Å². The van der Waals surface area contributed by atoms with Crippen LogP contribution >= 0.6 is 0 Å². The summed E-state index contributed by atoms with van der Waals surface area (Å²) in [6.07, 6.45) is 0.918. The molecule has 4 heteroatoms. The summed E-state index contributed by atoms with van der Waals surface area (Å²) >= 11 is 0. The highest BCUT2D eigenvalue weighted by Gasteiger charge is 2.17. The molecule has 1 unspecified atom stereocenters. The van der Waals surface area contributed by atoms with Crippen molar-refractivity contribution in [1.82, 2.24) is 0 Å². The Balaban J connectivity index is 2.43. The fraction of sp³-hybridized carbons (Fsp3) is 0.250. The second-order valence-corrected chi connectivity index (χ2v) is 4.73. The zero-order chi connectivity index (χ0) is 14.7. The molecule has 2 N–H and O–H groups in total. The first-order valence-corrected chi connectivity index (χ1v) is 6.54. The van der Waals surface area contributed by atoms with E-state index in [-0.39, 0.29) is 17.4 Å². The maximum absolute atomic E-state index is 13.8. The van der Waals surface area contributed by atoms with Gasteiger partial charge in [-0.25, -0.2) is 4.39 Å². The normalized spacial score (nSPS) is 12.2. The molecular weight excluding hydrogens is 260 g/mol. The highest BCUT2D eigenvalue weighted by Crippen LogP contribution is 2.36. The van der Waals surface area contributed by atoms with Gasteiger partial charge in [-0.1, -0.05) is 32.0 Å². The fourth-order valence-corrected chi connectivity index (χ4v) is 1.96. The molecule has 0 aliphatic rings. The van der Waals surface area contributed by atoms with Gasteiger partial charge in [0.1, 0.15) is 5.75 Å². The summed E-state index contributed by atoms with van der Waals surface area (Å²) in [5.74, 6) is -1.55. The van der Waals surface area contributed by atoms with Crippen LogP contribution in [0.15, 0.2) is 36.4 Å². The maximum Gasteiger partial charge on any atom is 0.203 e. The van der Waals surface area contributed by atoms with E-state index >= 15 is 0 Å². The van der Waals surface area contributed by atoms with Gasteiger partial charge in [-0.15, -0.1) is 0 Å². The third-order valence-electron chi connectivity index (χ3n) is 3.35. The van der Waals surface area contributed by atoms with E-state index < -0.39 is 11.6 Å². The number of hydrogen-bond acceptors (Lipinski definition) is 2. The first-order chi connectivity index (χ1) is 9.54. The summed E-state index contributed by atoms with van der Waals surface area (Å²) in [6, 6.07) is 9.59. The molecular formula is C16H17F2NO. The summed E-state index contributed by atoms with van der Waals surface area (Å²) in [6.45, 7) is 4.10. The molecule has 2 nitrogen and oxygen atoms in total. The fourth-order valence-electron chi connectivity index (χ4n) is 1.96. The molecule has 0 aliphatic carbocycles. The van der Waals surface area contributed by atoms with E-state index in [0.29, 0.717) is 5.75 Å². The van der Waals surface area contributed by atoms with Crippen molar-refractivity contribution in [1.29, 1.82) is 0 Å². The lowest BCUT2D eigenvalue weighted by molar-refractivity contribution is 0.413. The van der Waals surface area contributed by atoms with Crippen LogP contribution in [0.2, 0.25) is 0 Å². The number of para-hydroxylation sites is 1. The Kier molecular flexibility index (Phi) is 4.23. The largest absolute Gasteiger partial charge is 0.452 e. The Morgan fingerprint density at radius 3 is 2.55 bits per heavy atom. The van der Waals surface area contributed by atoms with Crippen LogP contribution in [0.3, 0.4) is 0 Å². The molecule has 0 heterocycles. The van der Waals surface area contributed by atoms with Gasteiger partial charge < -0.3 is 10.5 Å². The second kappa shape index (κ2) is 5.90. The van der Waals surface area contributed by atoms with Crippen LogP contribution in [0.4, 0.5) is 14.5 Å². The Morgan fingerprint density at radius 1 is 1.15 bits per heavy atom. The van der Waals surface area contributed by atoms with Crippen LogP contribution in [-0.4, -0.2) is 0 Å². The van der Waals surface area contributed by atoms with Crippen molar-refractivity contribution >= 4 is 5.69 Å². The van der Waals surface area contributed by atoms with Gasteiger partial charge in [-0.3, -0.25) is 0 Å². The standard InChI is InChI=1S/C16H17F2NO/c1-3-10(2)11-6-4-5-7-14(11)20-16-13(19)9-8-12(17)15(16)18/h4-10H,3,19H2,1-2H3. The summed E-state index contributed by atoms with van der Waals surface area (Å²) in [5, 5.41) is 0. The highest BCUT2D eigenvalue weighted by atomic mass is 19.2. The first kappa shape index (κ1) is 14.3. The topological polar surface area (TPSA) is 35.2 Å². The minimum atomic E-state index is -1.07. The van der Waals surface area contributed by atoms with Crippen molar-refractivity contribution in [3.05, 3.63) is 53.6 Å². The Labute approximate surface area is 117 Å². The van der Waals surface area contributed by atoms with Gasteiger partial charge in [0.15, 0.2) is 11.6 Å². The molecule has 0 saturated heterocycles. The second-order valence-electron chi connectivity index (χ2n) is 4.73. The number of benzene rings is 2. The zero-order valence-electron chi connectivity index (χ0n) is 11.5. The Hall–Kier alpha value is -2.10. The van der Waals surface area contributed by atoms with E-state index in [9.17, 15) is 8.78 Å². The summed E-state index contributed by atoms with van der Waals surface area (Å²) in [4.78, 5) is 0. The number of nitrogens with two attached hydrogens (primary N) is 1. The summed E-state index contributed by atoms with van der Waals surface area (Å²) in [7, 11) is 0. The van der Waals surface area contributed by atoms with Gasteiger partial charge in [0.05, 0.1) is 5.69 Å². The smallest absolute Gasteiger partial charge is 0.203 e. The highest BCUT2D eigenvalue weighted by molar-refractivity contribution is 5.55. The average Bonchev–Trinajstić information content (AvgIpc) is 2.47. The average molecular weight is 277 g/mol. The van der Waals surface area contributed by atoms with E-state index in [4.69, 9.17) is 10.5 Å². The number of anilines is 1. The molecule has 0 bridgehead atoms. The zero-order valence-corrected chi connectivity index (χ0v) is 11.5. The molecule has 20 heavy (non-hydrogen) atoms.